The van der Waals surface area contributed by atoms with E-state index >= 15 is 0 Å². The number of nitrogens with zero attached hydrogens (tertiary/aromatic N) is 2. The third-order valence-corrected chi connectivity index (χ3v) is 3.44. The summed E-state index contributed by atoms with van der Waals surface area (Å²) in [6.07, 6.45) is 3.47. The number of rotatable bonds is 5. The van der Waals surface area contributed by atoms with Crippen molar-refractivity contribution in [1.29, 1.82) is 0 Å². The summed E-state index contributed by atoms with van der Waals surface area (Å²) in [7, 11) is 0. The lowest BCUT2D eigenvalue weighted by atomic mass is 10.2. The van der Waals surface area contributed by atoms with E-state index in [1.807, 2.05) is 36.5 Å². The Balaban J connectivity index is 1.51. The average Bonchev–Trinajstić information content (AvgIpc) is 3.16. The topological polar surface area (TPSA) is 105 Å². The zero-order valence-electron chi connectivity index (χ0n) is 12.2. The molecule has 8 nitrogen and oxygen atoms in total. The van der Waals surface area contributed by atoms with E-state index in [9.17, 15) is 14.4 Å². The summed E-state index contributed by atoms with van der Waals surface area (Å²) in [4.78, 5) is 34.2. The third kappa shape index (κ3) is 3.54. The van der Waals surface area contributed by atoms with E-state index in [1.165, 1.54) is 0 Å². The Morgan fingerprint density at radius 2 is 2.04 bits per heavy atom. The van der Waals surface area contributed by atoms with Crippen LogP contribution >= 0.6 is 0 Å². The molecule has 2 aromatic rings. The lowest BCUT2D eigenvalue weighted by Crippen LogP contribution is -2.36. The number of hydrogen-bond acceptors (Lipinski definition) is 4. The van der Waals surface area contributed by atoms with Crippen LogP contribution in [0.5, 0.6) is 0 Å². The molecule has 3 rings (SSSR count). The highest BCUT2D eigenvalue weighted by Gasteiger charge is 2.31. The molecular formula is C15H15N5O3. The standard InChI is InChI=1S/C15H15N5O3/c21-13(8-12-14(22)19-15(23)18-12)16-9-10-2-4-11(5-3-10)20-7-1-6-17-20/h1-7,12H,8-9H2,(H,16,21)(H2,18,19,22,23)/t12-/m1/s1. The van der Waals surface area contributed by atoms with E-state index in [0.29, 0.717) is 6.54 Å². The molecule has 0 unspecified atom stereocenters. The lowest BCUT2D eigenvalue weighted by molar-refractivity contribution is -0.126. The van der Waals surface area contributed by atoms with Crippen LogP contribution in [0.15, 0.2) is 42.7 Å². The number of imide groups is 1. The molecule has 3 N–H and O–H groups in total. The van der Waals surface area contributed by atoms with Gasteiger partial charge in [-0.15, -0.1) is 0 Å². The van der Waals surface area contributed by atoms with E-state index < -0.39 is 18.0 Å². The van der Waals surface area contributed by atoms with E-state index in [0.717, 1.165) is 11.3 Å². The fourth-order valence-electron chi connectivity index (χ4n) is 2.25. The van der Waals surface area contributed by atoms with Crippen molar-refractivity contribution >= 4 is 17.8 Å². The molecule has 1 atom stereocenters. The molecule has 0 saturated carbocycles. The van der Waals surface area contributed by atoms with Crippen molar-refractivity contribution in [3.63, 3.8) is 0 Å². The van der Waals surface area contributed by atoms with Crippen molar-refractivity contribution in [3.8, 4) is 5.69 Å². The van der Waals surface area contributed by atoms with Gasteiger partial charge >= 0.3 is 6.03 Å². The number of carbonyl (C=O) groups excluding carboxylic acids is 3. The van der Waals surface area contributed by atoms with Crippen LogP contribution in [0.25, 0.3) is 5.69 Å². The number of amides is 4. The normalized spacial score (nSPS) is 16.8. The summed E-state index contributed by atoms with van der Waals surface area (Å²) in [5.74, 6) is -0.780. The van der Waals surface area contributed by atoms with Gasteiger partial charge in [0.25, 0.3) is 5.91 Å². The minimum absolute atomic E-state index is 0.0804. The smallest absolute Gasteiger partial charge is 0.322 e. The first-order chi connectivity index (χ1) is 11.1. The van der Waals surface area contributed by atoms with Crippen LogP contribution in [-0.4, -0.2) is 33.7 Å². The molecule has 8 heteroatoms. The van der Waals surface area contributed by atoms with E-state index in [4.69, 9.17) is 0 Å². The van der Waals surface area contributed by atoms with Gasteiger partial charge in [-0.3, -0.25) is 14.9 Å². The minimum atomic E-state index is -0.801. The highest BCUT2D eigenvalue weighted by atomic mass is 16.2. The first kappa shape index (κ1) is 14.8. The van der Waals surface area contributed by atoms with Crippen molar-refractivity contribution < 1.29 is 14.4 Å². The Bertz CT molecular complexity index is 724. The molecule has 1 aliphatic rings. The summed E-state index contributed by atoms with van der Waals surface area (Å²) >= 11 is 0. The Hall–Kier alpha value is -3.16. The molecular weight excluding hydrogens is 298 g/mol. The maximum atomic E-state index is 11.8. The highest BCUT2D eigenvalue weighted by molar-refractivity contribution is 6.05. The monoisotopic (exact) mass is 313 g/mol. The number of aromatic nitrogens is 2. The van der Waals surface area contributed by atoms with Gasteiger partial charge in [-0.1, -0.05) is 12.1 Å². The van der Waals surface area contributed by atoms with E-state index in [1.54, 1.807) is 10.9 Å². The number of nitrogens with one attached hydrogen (secondary N) is 3. The number of urea groups is 1. The van der Waals surface area contributed by atoms with Gasteiger partial charge in [0, 0.05) is 18.9 Å². The molecule has 1 fully saturated rings. The second-order valence-electron chi connectivity index (χ2n) is 5.11. The molecule has 1 aromatic heterocycles. The first-order valence-corrected chi connectivity index (χ1v) is 7.09. The minimum Gasteiger partial charge on any atom is -0.352 e. The van der Waals surface area contributed by atoms with Crippen molar-refractivity contribution in [2.24, 2.45) is 0 Å². The van der Waals surface area contributed by atoms with Gasteiger partial charge in [0.1, 0.15) is 6.04 Å². The zero-order chi connectivity index (χ0) is 16.2. The summed E-state index contributed by atoms with van der Waals surface area (Å²) < 4.78 is 1.74. The molecule has 0 spiro atoms. The molecule has 4 amide bonds. The van der Waals surface area contributed by atoms with Gasteiger partial charge in [0.15, 0.2) is 0 Å². The number of carbonyl (C=O) groups is 3. The van der Waals surface area contributed by atoms with Crippen LogP contribution in [0.2, 0.25) is 0 Å². The third-order valence-electron chi connectivity index (χ3n) is 3.44. The average molecular weight is 313 g/mol. The van der Waals surface area contributed by atoms with E-state index in [-0.39, 0.29) is 12.3 Å². The van der Waals surface area contributed by atoms with Crippen LogP contribution in [0.3, 0.4) is 0 Å². The molecule has 1 aromatic carbocycles. The van der Waals surface area contributed by atoms with Gasteiger partial charge in [0.2, 0.25) is 5.91 Å². The summed E-state index contributed by atoms with van der Waals surface area (Å²) in [5, 5.41) is 11.3. The fraction of sp³-hybridized carbons (Fsp3) is 0.200. The largest absolute Gasteiger partial charge is 0.352 e. The second-order valence-corrected chi connectivity index (χ2v) is 5.11. The van der Waals surface area contributed by atoms with Crippen LogP contribution in [0.4, 0.5) is 4.79 Å². The second kappa shape index (κ2) is 6.30. The Labute approximate surface area is 131 Å². The molecule has 0 bridgehead atoms. The maximum absolute atomic E-state index is 11.8. The molecule has 1 saturated heterocycles. The molecule has 0 radical (unpaired) electrons. The van der Waals surface area contributed by atoms with Crippen molar-refractivity contribution in [1.82, 2.24) is 25.7 Å². The fourth-order valence-corrected chi connectivity index (χ4v) is 2.25. The van der Waals surface area contributed by atoms with E-state index in [2.05, 4.69) is 21.0 Å². The maximum Gasteiger partial charge on any atom is 0.322 e. The Kier molecular flexibility index (Phi) is 4.05. The van der Waals surface area contributed by atoms with Gasteiger partial charge < -0.3 is 10.6 Å². The Morgan fingerprint density at radius 3 is 2.65 bits per heavy atom. The molecule has 0 aliphatic carbocycles. The quantitative estimate of drug-likeness (QED) is 0.680. The van der Waals surface area contributed by atoms with Crippen molar-refractivity contribution in [3.05, 3.63) is 48.3 Å². The van der Waals surface area contributed by atoms with Crippen LogP contribution in [-0.2, 0) is 16.1 Å². The van der Waals surface area contributed by atoms with Crippen molar-refractivity contribution in [2.45, 2.75) is 19.0 Å². The summed E-state index contributed by atoms with van der Waals surface area (Å²) in [6, 6.07) is 8.05. The van der Waals surface area contributed by atoms with Gasteiger partial charge in [0.05, 0.1) is 12.1 Å². The predicted molar refractivity (Wildman–Crippen MR) is 80.5 cm³/mol. The van der Waals surface area contributed by atoms with Crippen molar-refractivity contribution in [2.75, 3.05) is 0 Å². The summed E-state index contributed by atoms with van der Waals surface area (Å²) in [5.41, 5.74) is 1.85. The first-order valence-electron chi connectivity index (χ1n) is 7.09. The lowest BCUT2D eigenvalue weighted by Gasteiger charge is -2.09. The molecule has 2 heterocycles. The predicted octanol–water partition coefficient (Wildman–Crippen LogP) is 0.0866. The van der Waals surface area contributed by atoms with Crippen LogP contribution in [0, 0.1) is 0 Å². The molecule has 1 aliphatic heterocycles. The number of benzene rings is 1. The molecule has 23 heavy (non-hydrogen) atoms. The molecule has 118 valence electrons. The zero-order valence-corrected chi connectivity index (χ0v) is 12.2. The summed E-state index contributed by atoms with van der Waals surface area (Å²) in [6.45, 7) is 0.348. The SMILES string of the molecule is O=C(C[C@H]1NC(=O)NC1=O)NCc1ccc(-n2cccn2)cc1. The van der Waals surface area contributed by atoms with Crippen LogP contribution < -0.4 is 16.0 Å². The van der Waals surface area contributed by atoms with Gasteiger partial charge in [-0.25, -0.2) is 9.48 Å². The number of hydrogen-bond donors (Lipinski definition) is 3. The van der Waals surface area contributed by atoms with Gasteiger partial charge in [-0.2, -0.15) is 5.10 Å². The Morgan fingerprint density at radius 1 is 1.26 bits per heavy atom. The van der Waals surface area contributed by atoms with Gasteiger partial charge in [-0.05, 0) is 23.8 Å². The highest BCUT2D eigenvalue weighted by Crippen LogP contribution is 2.08. The van der Waals surface area contributed by atoms with Crippen LogP contribution in [0.1, 0.15) is 12.0 Å².